The van der Waals surface area contributed by atoms with E-state index >= 15 is 0 Å². The van der Waals surface area contributed by atoms with Crippen molar-refractivity contribution in [1.82, 2.24) is 0 Å². The molecule has 0 heterocycles. The number of phosphoric acid groups is 2. The van der Waals surface area contributed by atoms with Gasteiger partial charge in [0.2, 0.25) is 0 Å². The molecule has 0 radical (unpaired) electrons. The molecule has 0 aromatic rings. The Bertz CT molecular complexity index is 1900. The van der Waals surface area contributed by atoms with E-state index in [4.69, 9.17) is 37.0 Å². The molecule has 17 nitrogen and oxygen atoms in total. The second-order valence-corrected chi connectivity index (χ2v) is 29.9. The Hall–Kier alpha value is -2.46. The van der Waals surface area contributed by atoms with E-state index in [1.54, 1.807) is 0 Å². The largest absolute Gasteiger partial charge is 0.472 e. The van der Waals surface area contributed by atoms with Crippen molar-refractivity contribution in [2.45, 2.75) is 374 Å². The van der Waals surface area contributed by atoms with E-state index in [0.29, 0.717) is 37.5 Å². The summed E-state index contributed by atoms with van der Waals surface area (Å²) in [5, 5.41) is 10.6. The topological polar surface area (TPSA) is 237 Å². The highest BCUT2D eigenvalue weighted by Crippen LogP contribution is 2.45. The molecule has 0 saturated heterocycles. The Morgan fingerprint density at radius 1 is 0.333 bits per heavy atom. The molecular weight excluding hydrogens is 1220 g/mol. The van der Waals surface area contributed by atoms with Gasteiger partial charge in [0.1, 0.15) is 19.3 Å². The average Bonchev–Trinajstić information content (AvgIpc) is 2.78. The van der Waals surface area contributed by atoms with Crippen LogP contribution in [0.3, 0.4) is 0 Å². The molecule has 0 aromatic carbocycles. The monoisotopic (exact) mass is 1360 g/mol. The van der Waals surface area contributed by atoms with Crippen molar-refractivity contribution in [1.29, 1.82) is 0 Å². The number of aliphatic hydroxyl groups is 1. The minimum Gasteiger partial charge on any atom is -0.462 e. The molecule has 2 unspecified atom stereocenters. The average molecular weight is 1360 g/mol. The van der Waals surface area contributed by atoms with E-state index in [-0.39, 0.29) is 25.7 Å². The van der Waals surface area contributed by atoms with Gasteiger partial charge in [-0.05, 0) is 63.2 Å². The Labute approximate surface area is 567 Å². The molecule has 5 atom stereocenters. The van der Waals surface area contributed by atoms with Gasteiger partial charge in [0.25, 0.3) is 0 Å². The second kappa shape index (κ2) is 65.5. The van der Waals surface area contributed by atoms with Crippen LogP contribution in [0.4, 0.5) is 0 Å². The van der Waals surface area contributed by atoms with E-state index in [0.717, 1.165) is 116 Å². The number of aliphatic hydroxyl groups excluding tert-OH is 1. The summed E-state index contributed by atoms with van der Waals surface area (Å²) < 4.78 is 68.3. The van der Waals surface area contributed by atoms with Crippen LogP contribution in [-0.2, 0) is 65.4 Å². The quantitative estimate of drug-likeness (QED) is 0.0169. The van der Waals surface area contributed by atoms with Crippen molar-refractivity contribution in [3.8, 4) is 0 Å². The van der Waals surface area contributed by atoms with Gasteiger partial charge in [0.05, 0.1) is 26.4 Å². The molecule has 548 valence electrons. The molecule has 0 aliphatic heterocycles. The van der Waals surface area contributed by atoms with Gasteiger partial charge in [0.15, 0.2) is 12.2 Å². The molecule has 0 saturated carbocycles. The second-order valence-electron chi connectivity index (χ2n) is 27.0. The lowest BCUT2D eigenvalue weighted by Crippen LogP contribution is -2.30. The Morgan fingerprint density at radius 2 is 0.581 bits per heavy atom. The molecule has 0 bridgehead atoms. The fourth-order valence-electron chi connectivity index (χ4n) is 10.8. The standard InChI is InChI=1S/C74H140O17P2/c1-7-9-11-13-15-17-19-21-23-24-25-27-29-31-33-39-46-52-58-73(78)90-69(62-84-71(76)56-50-44-38-32-30-28-26-22-20-18-16-14-12-10-8-2)64-88-92(80,81)86-60-68(75)61-87-93(82,83)89-65-70(91-74(79)59-53-47-41-35-37-43-49-55-67(5)6)63-85-72(77)57-51-45-40-34-36-42-48-54-66(3)4/h18,20,22,26,66-70,75H,7-17,19,21,23-25,27-65H2,1-6H3,(H,80,81)(H,82,83)/b20-18-,26-22-/t68-,69-,70-/m1/s1. The van der Waals surface area contributed by atoms with Crippen LogP contribution in [0.5, 0.6) is 0 Å². The number of hydrogen-bond donors (Lipinski definition) is 3. The lowest BCUT2D eigenvalue weighted by Gasteiger charge is -2.21. The van der Waals surface area contributed by atoms with Gasteiger partial charge in [-0.15, -0.1) is 0 Å². The molecule has 0 aliphatic carbocycles. The van der Waals surface area contributed by atoms with Crippen molar-refractivity contribution >= 4 is 39.5 Å². The number of allylic oxidation sites excluding steroid dienone is 4. The van der Waals surface area contributed by atoms with Crippen LogP contribution >= 0.6 is 15.6 Å². The summed E-state index contributed by atoms with van der Waals surface area (Å²) in [5.41, 5.74) is 0. The minimum absolute atomic E-state index is 0.100. The van der Waals surface area contributed by atoms with Crippen LogP contribution in [0, 0.1) is 11.8 Å². The summed E-state index contributed by atoms with van der Waals surface area (Å²) in [7, 11) is -9.92. The molecule has 0 fully saturated rings. The summed E-state index contributed by atoms with van der Waals surface area (Å²) in [4.78, 5) is 72.6. The third kappa shape index (κ3) is 67.9. The summed E-state index contributed by atoms with van der Waals surface area (Å²) >= 11 is 0. The van der Waals surface area contributed by atoms with Gasteiger partial charge in [-0.2, -0.15) is 0 Å². The van der Waals surface area contributed by atoms with Gasteiger partial charge < -0.3 is 33.8 Å². The Morgan fingerprint density at radius 3 is 0.882 bits per heavy atom. The fourth-order valence-corrected chi connectivity index (χ4v) is 12.3. The van der Waals surface area contributed by atoms with Crippen LogP contribution in [0.15, 0.2) is 24.3 Å². The highest BCUT2D eigenvalue weighted by Gasteiger charge is 2.30. The third-order valence-corrected chi connectivity index (χ3v) is 18.5. The fraction of sp³-hybridized carbons (Fsp3) is 0.892. The first-order valence-electron chi connectivity index (χ1n) is 37.8. The molecular formula is C74H140O17P2. The van der Waals surface area contributed by atoms with Gasteiger partial charge in [-0.1, -0.05) is 303 Å². The summed E-state index contributed by atoms with van der Waals surface area (Å²) in [5.74, 6) is -0.755. The molecule has 0 amide bonds. The number of esters is 4. The van der Waals surface area contributed by atoms with Crippen LogP contribution in [0.2, 0.25) is 0 Å². The zero-order valence-corrected chi connectivity index (χ0v) is 61.8. The third-order valence-electron chi connectivity index (χ3n) is 16.6. The number of unbranched alkanes of at least 4 members (excludes halogenated alkanes) is 38. The number of phosphoric ester groups is 2. The first kappa shape index (κ1) is 90.5. The normalized spacial score (nSPS) is 14.2. The van der Waals surface area contributed by atoms with E-state index < -0.39 is 97.5 Å². The Balaban J connectivity index is 5.26. The maximum absolute atomic E-state index is 13.1. The van der Waals surface area contributed by atoms with Gasteiger partial charge in [-0.3, -0.25) is 37.3 Å². The summed E-state index contributed by atoms with van der Waals surface area (Å²) in [6.07, 6.45) is 55.2. The zero-order chi connectivity index (χ0) is 68.6. The Kier molecular flexibility index (Phi) is 63.7. The SMILES string of the molecule is CCCCCC/C=C\C=C/CCCCCCCC(=O)OC[C@H](COP(=O)(O)OC[C@@H](O)COP(=O)(O)OC[C@@H](COC(=O)CCCCCCCCCC(C)C)OC(=O)CCCCCCCCCC(C)C)OC(=O)CCCCCCCCCCCCCCCCCCCC. The van der Waals surface area contributed by atoms with Crippen LogP contribution in [0.1, 0.15) is 356 Å². The number of carbonyl (C=O) groups excluding carboxylic acids is 4. The van der Waals surface area contributed by atoms with Crippen molar-refractivity contribution in [2.75, 3.05) is 39.6 Å². The predicted molar refractivity (Wildman–Crippen MR) is 377 cm³/mol. The maximum atomic E-state index is 13.1. The maximum Gasteiger partial charge on any atom is 0.472 e. The predicted octanol–water partition coefficient (Wildman–Crippen LogP) is 21.1. The first-order chi connectivity index (χ1) is 44.9. The molecule has 93 heavy (non-hydrogen) atoms. The molecule has 19 heteroatoms. The molecule has 0 aliphatic rings. The highest BCUT2D eigenvalue weighted by molar-refractivity contribution is 7.47. The van der Waals surface area contributed by atoms with E-state index in [1.807, 2.05) is 0 Å². The number of ether oxygens (including phenoxy) is 4. The van der Waals surface area contributed by atoms with Gasteiger partial charge in [-0.25, -0.2) is 9.13 Å². The smallest absolute Gasteiger partial charge is 0.462 e. The van der Waals surface area contributed by atoms with E-state index in [2.05, 4.69) is 65.8 Å². The molecule has 3 N–H and O–H groups in total. The van der Waals surface area contributed by atoms with E-state index in [1.165, 1.54) is 148 Å². The van der Waals surface area contributed by atoms with Crippen molar-refractivity contribution in [2.24, 2.45) is 11.8 Å². The van der Waals surface area contributed by atoms with Crippen molar-refractivity contribution in [3.63, 3.8) is 0 Å². The summed E-state index contributed by atoms with van der Waals surface area (Å²) in [6.45, 7) is 9.39. The molecule has 0 rings (SSSR count). The minimum atomic E-state index is -4.96. The zero-order valence-electron chi connectivity index (χ0n) is 60.0. The van der Waals surface area contributed by atoms with Crippen LogP contribution in [-0.4, -0.2) is 96.7 Å². The lowest BCUT2D eigenvalue weighted by atomic mass is 10.0. The lowest BCUT2D eigenvalue weighted by molar-refractivity contribution is -0.161. The van der Waals surface area contributed by atoms with Crippen molar-refractivity contribution in [3.05, 3.63) is 24.3 Å². The van der Waals surface area contributed by atoms with Crippen LogP contribution in [0.25, 0.3) is 0 Å². The molecule has 0 aromatic heterocycles. The van der Waals surface area contributed by atoms with Gasteiger partial charge >= 0.3 is 39.5 Å². The summed E-state index contributed by atoms with van der Waals surface area (Å²) in [6, 6.07) is 0. The van der Waals surface area contributed by atoms with E-state index in [9.17, 15) is 43.2 Å². The van der Waals surface area contributed by atoms with Gasteiger partial charge in [0, 0.05) is 25.7 Å². The van der Waals surface area contributed by atoms with Crippen molar-refractivity contribution < 1.29 is 80.2 Å². The number of rotatable bonds is 71. The van der Waals surface area contributed by atoms with Crippen LogP contribution < -0.4 is 0 Å². The first-order valence-corrected chi connectivity index (χ1v) is 40.8. The number of carbonyl (C=O) groups is 4. The molecule has 0 spiro atoms. The highest BCUT2D eigenvalue weighted by atomic mass is 31.2. The number of hydrogen-bond acceptors (Lipinski definition) is 15.